The average molecular weight is 360 g/mol. The largest absolute Gasteiger partial charge is 0.494 e. The molecular weight excluding hydrogens is 336 g/mol. The fourth-order valence-corrected chi connectivity index (χ4v) is 3.26. The van der Waals surface area contributed by atoms with E-state index >= 15 is 0 Å². The number of nitrogens with one attached hydrogen (secondary N) is 1. The lowest BCUT2D eigenvalue weighted by molar-refractivity contribution is 0.340. The maximum Gasteiger partial charge on any atom is 0.227 e. The third-order valence-corrected chi connectivity index (χ3v) is 4.61. The summed E-state index contributed by atoms with van der Waals surface area (Å²) in [7, 11) is 0. The van der Waals surface area contributed by atoms with Gasteiger partial charge in [0.2, 0.25) is 5.95 Å². The lowest BCUT2D eigenvalue weighted by atomic mass is 10.1. The normalized spacial score (nSPS) is 13.6. The maximum atomic E-state index is 5.51. The minimum absolute atomic E-state index is 0.665. The SMILES string of the molecule is CCOc1ccc(Nc2cc(-c3ccccc3)nc(N3CCCC3)n2)cc1. The lowest BCUT2D eigenvalue weighted by Gasteiger charge is -2.18. The lowest BCUT2D eigenvalue weighted by Crippen LogP contribution is -2.21. The van der Waals surface area contributed by atoms with Crippen molar-refractivity contribution in [2.45, 2.75) is 19.8 Å². The van der Waals surface area contributed by atoms with E-state index in [4.69, 9.17) is 14.7 Å². The van der Waals surface area contributed by atoms with Crippen LogP contribution in [0.1, 0.15) is 19.8 Å². The number of anilines is 3. The van der Waals surface area contributed by atoms with E-state index in [0.29, 0.717) is 6.61 Å². The van der Waals surface area contributed by atoms with Crippen LogP contribution in [-0.4, -0.2) is 29.7 Å². The molecule has 2 aromatic carbocycles. The first-order chi connectivity index (χ1) is 13.3. The van der Waals surface area contributed by atoms with Gasteiger partial charge >= 0.3 is 0 Å². The molecular formula is C22H24N4O. The summed E-state index contributed by atoms with van der Waals surface area (Å²) in [5, 5.41) is 3.41. The summed E-state index contributed by atoms with van der Waals surface area (Å²) in [5.41, 5.74) is 3.00. The van der Waals surface area contributed by atoms with Gasteiger partial charge in [-0.2, -0.15) is 4.98 Å². The average Bonchev–Trinajstić information content (AvgIpc) is 3.25. The second kappa shape index (κ2) is 8.08. The Morgan fingerprint density at radius 1 is 0.963 bits per heavy atom. The number of hydrogen-bond donors (Lipinski definition) is 1. The minimum Gasteiger partial charge on any atom is -0.494 e. The number of ether oxygens (including phenoxy) is 1. The van der Waals surface area contributed by atoms with Crippen LogP contribution in [-0.2, 0) is 0 Å². The van der Waals surface area contributed by atoms with E-state index in [0.717, 1.165) is 47.5 Å². The van der Waals surface area contributed by atoms with Crippen LogP contribution in [0.5, 0.6) is 5.75 Å². The van der Waals surface area contributed by atoms with E-state index in [1.807, 2.05) is 55.5 Å². The van der Waals surface area contributed by atoms with Crippen molar-refractivity contribution in [3.8, 4) is 17.0 Å². The highest BCUT2D eigenvalue weighted by Gasteiger charge is 2.17. The van der Waals surface area contributed by atoms with Crippen molar-refractivity contribution in [1.29, 1.82) is 0 Å². The van der Waals surface area contributed by atoms with Gasteiger partial charge in [0.05, 0.1) is 12.3 Å². The quantitative estimate of drug-likeness (QED) is 0.678. The Kier molecular flexibility index (Phi) is 5.19. The Bertz CT molecular complexity index is 875. The first-order valence-corrected chi connectivity index (χ1v) is 9.51. The Hall–Kier alpha value is -3.08. The summed E-state index contributed by atoms with van der Waals surface area (Å²) in [6.07, 6.45) is 2.39. The van der Waals surface area contributed by atoms with Crippen molar-refractivity contribution in [3.05, 3.63) is 60.7 Å². The van der Waals surface area contributed by atoms with Gasteiger partial charge in [0.15, 0.2) is 0 Å². The first kappa shape index (κ1) is 17.3. The van der Waals surface area contributed by atoms with Crippen LogP contribution in [0.4, 0.5) is 17.5 Å². The predicted octanol–water partition coefficient (Wildman–Crippen LogP) is 4.89. The smallest absolute Gasteiger partial charge is 0.227 e. The third kappa shape index (κ3) is 4.19. The fourth-order valence-electron chi connectivity index (χ4n) is 3.26. The molecule has 0 aliphatic carbocycles. The summed E-state index contributed by atoms with van der Waals surface area (Å²) >= 11 is 0. The van der Waals surface area contributed by atoms with E-state index in [1.54, 1.807) is 0 Å². The molecule has 3 aromatic rings. The van der Waals surface area contributed by atoms with Crippen LogP contribution in [0.3, 0.4) is 0 Å². The van der Waals surface area contributed by atoms with Crippen LogP contribution in [0, 0.1) is 0 Å². The van der Waals surface area contributed by atoms with Crippen LogP contribution in [0.2, 0.25) is 0 Å². The number of hydrogen-bond acceptors (Lipinski definition) is 5. The van der Waals surface area contributed by atoms with E-state index in [-0.39, 0.29) is 0 Å². The Balaban J connectivity index is 1.65. The van der Waals surface area contributed by atoms with Crippen molar-refractivity contribution in [2.75, 3.05) is 29.9 Å². The molecule has 2 heterocycles. The molecule has 5 heteroatoms. The molecule has 27 heavy (non-hydrogen) atoms. The number of rotatable bonds is 6. The molecule has 0 atom stereocenters. The zero-order valence-corrected chi connectivity index (χ0v) is 15.6. The summed E-state index contributed by atoms with van der Waals surface area (Å²) < 4.78 is 5.51. The Morgan fingerprint density at radius 3 is 2.41 bits per heavy atom. The predicted molar refractivity (Wildman–Crippen MR) is 110 cm³/mol. The summed E-state index contributed by atoms with van der Waals surface area (Å²) in [6.45, 7) is 4.68. The van der Waals surface area contributed by atoms with E-state index in [1.165, 1.54) is 12.8 Å². The number of aromatic nitrogens is 2. The minimum atomic E-state index is 0.665. The molecule has 0 radical (unpaired) electrons. The monoisotopic (exact) mass is 360 g/mol. The van der Waals surface area contributed by atoms with Gasteiger partial charge in [-0.1, -0.05) is 30.3 Å². The molecule has 0 bridgehead atoms. The molecule has 1 saturated heterocycles. The van der Waals surface area contributed by atoms with Gasteiger partial charge < -0.3 is 15.0 Å². The molecule has 1 aliphatic rings. The molecule has 138 valence electrons. The second-order valence-corrected chi connectivity index (χ2v) is 6.58. The topological polar surface area (TPSA) is 50.3 Å². The molecule has 1 aromatic heterocycles. The molecule has 1 N–H and O–H groups in total. The van der Waals surface area contributed by atoms with E-state index in [9.17, 15) is 0 Å². The summed E-state index contributed by atoms with van der Waals surface area (Å²) in [4.78, 5) is 11.8. The highest BCUT2D eigenvalue weighted by atomic mass is 16.5. The molecule has 0 saturated carbocycles. The first-order valence-electron chi connectivity index (χ1n) is 9.51. The third-order valence-electron chi connectivity index (χ3n) is 4.61. The van der Waals surface area contributed by atoms with Gasteiger partial charge in [-0.05, 0) is 44.0 Å². The molecule has 5 nitrogen and oxygen atoms in total. The number of benzene rings is 2. The van der Waals surface area contributed by atoms with Gasteiger partial charge in [0.25, 0.3) is 0 Å². The molecule has 0 spiro atoms. The van der Waals surface area contributed by atoms with Crippen molar-refractivity contribution >= 4 is 17.5 Å². The van der Waals surface area contributed by atoms with Gasteiger partial charge in [-0.25, -0.2) is 4.98 Å². The fraction of sp³-hybridized carbons (Fsp3) is 0.273. The van der Waals surface area contributed by atoms with Crippen LogP contribution < -0.4 is 15.0 Å². The molecule has 4 rings (SSSR count). The molecule has 1 aliphatic heterocycles. The van der Waals surface area contributed by atoms with Gasteiger partial charge in [-0.3, -0.25) is 0 Å². The highest BCUT2D eigenvalue weighted by molar-refractivity contribution is 5.67. The van der Waals surface area contributed by atoms with Gasteiger partial charge in [0.1, 0.15) is 11.6 Å². The maximum absolute atomic E-state index is 5.51. The zero-order valence-electron chi connectivity index (χ0n) is 15.6. The van der Waals surface area contributed by atoms with Crippen molar-refractivity contribution < 1.29 is 4.74 Å². The van der Waals surface area contributed by atoms with Crippen molar-refractivity contribution in [2.24, 2.45) is 0 Å². The second-order valence-electron chi connectivity index (χ2n) is 6.58. The molecule has 1 fully saturated rings. The van der Waals surface area contributed by atoms with E-state index in [2.05, 4.69) is 22.3 Å². The van der Waals surface area contributed by atoms with Crippen molar-refractivity contribution in [3.63, 3.8) is 0 Å². The van der Waals surface area contributed by atoms with Crippen LogP contribution in [0.25, 0.3) is 11.3 Å². The summed E-state index contributed by atoms with van der Waals surface area (Å²) in [5.74, 6) is 2.46. The highest BCUT2D eigenvalue weighted by Crippen LogP contribution is 2.27. The zero-order chi connectivity index (χ0) is 18.5. The molecule has 0 amide bonds. The van der Waals surface area contributed by atoms with Gasteiger partial charge in [0, 0.05) is 30.4 Å². The van der Waals surface area contributed by atoms with Crippen molar-refractivity contribution in [1.82, 2.24) is 9.97 Å². The summed E-state index contributed by atoms with van der Waals surface area (Å²) in [6, 6.07) is 20.2. The molecule has 0 unspecified atom stereocenters. The standard InChI is InChI=1S/C22H24N4O/c1-2-27-19-12-10-18(11-13-19)23-21-16-20(17-8-4-3-5-9-17)24-22(25-21)26-14-6-7-15-26/h3-5,8-13,16H,2,6-7,14-15H2,1H3,(H,23,24,25). The Labute approximate surface area is 160 Å². The van der Waals surface area contributed by atoms with Crippen LogP contribution >= 0.6 is 0 Å². The number of nitrogens with zero attached hydrogens (tertiary/aromatic N) is 3. The Morgan fingerprint density at radius 2 is 1.70 bits per heavy atom. The van der Waals surface area contributed by atoms with Crippen LogP contribution in [0.15, 0.2) is 60.7 Å². The van der Waals surface area contributed by atoms with E-state index < -0.39 is 0 Å². The van der Waals surface area contributed by atoms with Gasteiger partial charge in [-0.15, -0.1) is 0 Å².